The molecule has 2 saturated heterocycles. The van der Waals surface area contributed by atoms with Gasteiger partial charge in [0.05, 0.1) is 6.33 Å². The van der Waals surface area contributed by atoms with Crippen molar-refractivity contribution in [3.8, 4) is 0 Å². The maximum atomic E-state index is 11.8. The lowest BCUT2D eigenvalue weighted by Gasteiger charge is -2.38. The maximum absolute atomic E-state index is 11.8. The van der Waals surface area contributed by atoms with Crippen molar-refractivity contribution in [2.45, 2.75) is 18.9 Å². The zero-order chi connectivity index (χ0) is 14.4. The first-order valence-corrected chi connectivity index (χ1v) is 7.19. The van der Waals surface area contributed by atoms with Gasteiger partial charge in [-0.25, -0.2) is 4.98 Å². The van der Waals surface area contributed by atoms with Gasteiger partial charge in [-0.15, -0.1) is 0 Å². The van der Waals surface area contributed by atoms with E-state index in [-0.39, 0.29) is 5.91 Å². The van der Waals surface area contributed by atoms with Crippen molar-refractivity contribution in [3.63, 3.8) is 0 Å². The summed E-state index contributed by atoms with van der Waals surface area (Å²) in [7, 11) is 1.80. The molecule has 8 nitrogen and oxygen atoms in total. The molecule has 0 saturated carbocycles. The molecule has 0 aliphatic carbocycles. The molecule has 1 unspecified atom stereocenters. The number of amides is 1. The first kappa shape index (κ1) is 12.4. The van der Waals surface area contributed by atoms with E-state index in [0.717, 1.165) is 37.4 Å². The average Bonchev–Trinajstić information content (AvgIpc) is 3.12. The lowest BCUT2D eigenvalue weighted by atomic mass is 10.1. The lowest BCUT2D eigenvalue weighted by molar-refractivity contribution is -0.129. The van der Waals surface area contributed by atoms with E-state index in [0.29, 0.717) is 24.1 Å². The average molecular weight is 287 g/mol. The number of H-pyrrole nitrogens is 1. The first-order chi connectivity index (χ1) is 10.3. The van der Waals surface area contributed by atoms with E-state index in [9.17, 15) is 4.79 Å². The minimum absolute atomic E-state index is 0.282. The zero-order valence-electron chi connectivity index (χ0n) is 11.8. The molecular weight excluding hydrogens is 270 g/mol. The number of carbonyl (C=O) groups is 1. The molecule has 2 aliphatic heterocycles. The number of carbonyl (C=O) groups excluding carboxylic acids is 1. The Hall–Kier alpha value is -2.38. The van der Waals surface area contributed by atoms with E-state index >= 15 is 0 Å². The van der Waals surface area contributed by atoms with Gasteiger partial charge in [-0.2, -0.15) is 9.97 Å². The number of imidazole rings is 1. The summed E-state index contributed by atoms with van der Waals surface area (Å²) >= 11 is 0. The standard InChI is InChI=1S/C13H17N7O/c1-14-13-17-11-10(15-7-16-11)12(18-13)19-4-5-20-8(6-19)2-3-9(20)21/h7-8H,2-6H2,1H3,(H2,14,15,16,17,18). The summed E-state index contributed by atoms with van der Waals surface area (Å²) in [6.07, 6.45) is 3.24. The summed E-state index contributed by atoms with van der Waals surface area (Å²) in [5, 5.41) is 2.97. The van der Waals surface area contributed by atoms with Crippen molar-refractivity contribution in [1.29, 1.82) is 0 Å². The van der Waals surface area contributed by atoms with Crippen molar-refractivity contribution in [2.24, 2.45) is 0 Å². The van der Waals surface area contributed by atoms with E-state index in [1.165, 1.54) is 0 Å². The molecule has 21 heavy (non-hydrogen) atoms. The molecular formula is C13H17N7O. The second kappa shape index (κ2) is 4.57. The number of rotatable bonds is 2. The number of aromatic amines is 1. The molecule has 4 rings (SSSR count). The van der Waals surface area contributed by atoms with E-state index in [1.807, 2.05) is 4.90 Å². The van der Waals surface area contributed by atoms with Crippen LogP contribution in [0.1, 0.15) is 12.8 Å². The highest BCUT2D eigenvalue weighted by molar-refractivity contribution is 5.85. The Morgan fingerprint density at radius 3 is 3.14 bits per heavy atom. The third-order valence-electron chi connectivity index (χ3n) is 4.28. The fourth-order valence-corrected chi connectivity index (χ4v) is 3.22. The van der Waals surface area contributed by atoms with Crippen LogP contribution in [0.5, 0.6) is 0 Å². The van der Waals surface area contributed by atoms with Crippen LogP contribution in [-0.2, 0) is 4.79 Å². The Morgan fingerprint density at radius 2 is 2.29 bits per heavy atom. The van der Waals surface area contributed by atoms with E-state index < -0.39 is 0 Å². The Bertz CT molecular complexity index is 697. The first-order valence-electron chi connectivity index (χ1n) is 7.19. The monoisotopic (exact) mass is 287 g/mol. The van der Waals surface area contributed by atoms with Crippen molar-refractivity contribution in [3.05, 3.63) is 6.33 Å². The van der Waals surface area contributed by atoms with E-state index in [1.54, 1.807) is 13.4 Å². The molecule has 0 bridgehead atoms. The predicted molar refractivity (Wildman–Crippen MR) is 78.2 cm³/mol. The Labute approximate surface area is 121 Å². The van der Waals surface area contributed by atoms with Gasteiger partial charge < -0.3 is 20.1 Å². The normalized spacial score (nSPS) is 22.0. The summed E-state index contributed by atoms with van der Waals surface area (Å²) in [5.41, 5.74) is 1.51. The fourth-order valence-electron chi connectivity index (χ4n) is 3.22. The minimum Gasteiger partial charge on any atom is -0.357 e. The molecule has 2 aromatic heterocycles. The van der Waals surface area contributed by atoms with Crippen LogP contribution in [0.2, 0.25) is 0 Å². The van der Waals surface area contributed by atoms with Crippen molar-refractivity contribution in [2.75, 3.05) is 36.9 Å². The molecule has 0 radical (unpaired) electrons. The summed E-state index contributed by atoms with van der Waals surface area (Å²) in [6.45, 7) is 2.37. The summed E-state index contributed by atoms with van der Waals surface area (Å²) in [6, 6.07) is 0.303. The Balaban J connectivity index is 1.70. The largest absolute Gasteiger partial charge is 0.357 e. The van der Waals surface area contributed by atoms with Gasteiger partial charge in [0.1, 0.15) is 5.52 Å². The Kier molecular flexibility index (Phi) is 2.69. The highest BCUT2D eigenvalue weighted by Gasteiger charge is 2.36. The topological polar surface area (TPSA) is 90.0 Å². The highest BCUT2D eigenvalue weighted by Crippen LogP contribution is 2.28. The third kappa shape index (κ3) is 1.90. The number of fused-ring (bicyclic) bond motifs is 2. The van der Waals surface area contributed by atoms with Crippen LogP contribution < -0.4 is 10.2 Å². The minimum atomic E-state index is 0.282. The molecule has 8 heteroatoms. The maximum Gasteiger partial charge on any atom is 0.226 e. The van der Waals surface area contributed by atoms with Gasteiger partial charge in [-0.3, -0.25) is 4.79 Å². The van der Waals surface area contributed by atoms with Gasteiger partial charge >= 0.3 is 0 Å². The van der Waals surface area contributed by atoms with Crippen LogP contribution in [0.4, 0.5) is 11.8 Å². The van der Waals surface area contributed by atoms with Crippen LogP contribution in [0.25, 0.3) is 11.2 Å². The van der Waals surface area contributed by atoms with E-state index in [4.69, 9.17) is 0 Å². The summed E-state index contributed by atoms with van der Waals surface area (Å²) in [4.78, 5) is 32.3. The fraction of sp³-hybridized carbons (Fsp3) is 0.538. The van der Waals surface area contributed by atoms with Gasteiger partial charge in [-0.05, 0) is 6.42 Å². The van der Waals surface area contributed by atoms with Crippen molar-refractivity contribution in [1.82, 2.24) is 24.8 Å². The van der Waals surface area contributed by atoms with Gasteiger partial charge in [0.15, 0.2) is 11.5 Å². The summed E-state index contributed by atoms with van der Waals surface area (Å²) < 4.78 is 0. The number of aromatic nitrogens is 4. The number of anilines is 2. The van der Waals surface area contributed by atoms with Gasteiger partial charge in [0.25, 0.3) is 0 Å². The molecule has 2 fully saturated rings. The summed E-state index contributed by atoms with van der Waals surface area (Å²) in [5.74, 6) is 1.71. The molecule has 2 aromatic rings. The number of piperazine rings is 1. The predicted octanol–water partition coefficient (Wildman–Crippen LogP) is 0.206. The molecule has 110 valence electrons. The van der Waals surface area contributed by atoms with Crippen LogP contribution in [-0.4, -0.2) is 63.5 Å². The second-order valence-corrected chi connectivity index (χ2v) is 5.45. The number of nitrogens with zero attached hydrogens (tertiary/aromatic N) is 5. The lowest BCUT2D eigenvalue weighted by Crippen LogP contribution is -2.51. The van der Waals surface area contributed by atoms with Gasteiger partial charge in [-0.1, -0.05) is 0 Å². The third-order valence-corrected chi connectivity index (χ3v) is 4.28. The molecule has 1 amide bonds. The second-order valence-electron chi connectivity index (χ2n) is 5.45. The van der Waals surface area contributed by atoms with Crippen LogP contribution in [0.15, 0.2) is 6.33 Å². The number of hydrogen-bond donors (Lipinski definition) is 2. The molecule has 0 spiro atoms. The molecule has 2 N–H and O–H groups in total. The number of hydrogen-bond acceptors (Lipinski definition) is 6. The van der Waals surface area contributed by atoms with Crippen LogP contribution in [0.3, 0.4) is 0 Å². The van der Waals surface area contributed by atoms with Crippen molar-refractivity contribution >= 4 is 28.8 Å². The zero-order valence-corrected chi connectivity index (χ0v) is 11.8. The smallest absolute Gasteiger partial charge is 0.226 e. The van der Waals surface area contributed by atoms with Crippen molar-refractivity contribution < 1.29 is 4.79 Å². The van der Waals surface area contributed by atoms with E-state index in [2.05, 4.69) is 30.2 Å². The van der Waals surface area contributed by atoms with Gasteiger partial charge in [0.2, 0.25) is 11.9 Å². The molecule has 2 aliphatic rings. The molecule has 4 heterocycles. The van der Waals surface area contributed by atoms with Gasteiger partial charge in [0, 0.05) is 39.1 Å². The quantitative estimate of drug-likeness (QED) is 0.820. The SMILES string of the molecule is CNc1nc(N2CCN3C(=O)CCC3C2)c2[nH]cnc2n1. The molecule has 0 aromatic carbocycles. The molecule has 1 atom stereocenters. The number of nitrogens with one attached hydrogen (secondary N) is 2. The Morgan fingerprint density at radius 1 is 1.38 bits per heavy atom. The van der Waals surface area contributed by atoms with Crippen LogP contribution in [0, 0.1) is 0 Å². The highest BCUT2D eigenvalue weighted by atomic mass is 16.2. The van der Waals surface area contributed by atoms with Crippen LogP contribution >= 0.6 is 0 Å².